The van der Waals surface area contributed by atoms with Gasteiger partial charge in [-0.25, -0.2) is 14.8 Å². The monoisotopic (exact) mass is 601 g/mol. The molecule has 0 aliphatic carbocycles. The first kappa shape index (κ1) is 29.3. The van der Waals surface area contributed by atoms with Crippen molar-refractivity contribution < 1.29 is 33.2 Å². The summed E-state index contributed by atoms with van der Waals surface area (Å²) in [5, 5.41) is 6.27. The number of urea groups is 1. The van der Waals surface area contributed by atoms with Gasteiger partial charge in [0.15, 0.2) is 11.5 Å². The Morgan fingerprint density at radius 2 is 1.68 bits per heavy atom. The zero-order valence-corrected chi connectivity index (χ0v) is 24.5. The number of morpholine rings is 1. The number of methoxy groups -OCH3 is 1. The molecule has 1 saturated heterocycles. The van der Waals surface area contributed by atoms with Crippen LogP contribution in [0.25, 0.3) is 10.9 Å². The smallest absolute Gasteiger partial charge is 0.319 e. The predicted molar refractivity (Wildman–Crippen MR) is 163 cm³/mol. The van der Waals surface area contributed by atoms with Crippen LogP contribution in [0.15, 0.2) is 60.9 Å². The third kappa shape index (κ3) is 7.21. The molecule has 0 unspecified atom stereocenters. The highest BCUT2D eigenvalue weighted by Gasteiger charge is 2.25. The topological polar surface area (TPSA) is 126 Å². The molecule has 1 aromatic heterocycles. The molecule has 2 amide bonds. The van der Waals surface area contributed by atoms with Gasteiger partial charge in [-0.05, 0) is 48.4 Å². The normalized spacial score (nSPS) is 14.6. The van der Waals surface area contributed by atoms with Crippen LogP contribution in [0.1, 0.15) is 12.0 Å². The van der Waals surface area contributed by atoms with Crippen LogP contribution < -0.4 is 34.3 Å². The van der Waals surface area contributed by atoms with E-state index in [9.17, 15) is 4.79 Å². The first-order valence-corrected chi connectivity index (χ1v) is 14.6. The molecule has 0 spiro atoms. The van der Waals surface area contributed by atoms with Crippen molar-refractivity contribution in [1.82, 2.24) is 20.2 Å². The van der Waals surface area contributed by atoms with Gasteiger partial charge in [-0.2, -0.15) is 0 Å². The Kier molecular flexibility index (Phi) is 9.38. The number of nitrogens with one attached hydrogen (secondary N) is 2. The zero-order valence-electron chi connectivity index (χ0n) is 24.5. The third-order valence-corrected chi connectivity index (χ3v) is 7.26. The maximum absolute atomic E-state index is 12.4. The maximum Gasteiger partial charge on any atom is 0.319 e. The van der Waals surface area contributed by atoms with Crippen molar-refractivity contribution in [2.45, 2.75) is 13.0 Å². The average molecular weight is 602 g/mol. The minimum atomic E-state index is -0.320. The fourth-order valence-corrected chi connectivity index (χ4v) is 4.98. The Morgan fingerprint density at radius 3 is 2.45 bits per heavy atom. The van der Waals surface area contributed by atoms with Crippen LogP contribution in [0.4, 0.5) is 10.5 Å². The van der Waals surface area contributed by atoms with Crippen LogP contribution in [-0.2, 0) is 11.3 Å². The second-order valence-electron chi connectivity index (χ2n) is 10.2. The SMILES string of the molecule is COc1ccc(CNC(=O)Nc2ccc(Oc3ncnc4cc(OCCCN5CCOCC5)c5c(c34)OCCO5)cc2)cc1. The molecule has 2 N–H and O–H groups in total. The number of carbonyl (C=O) groups is 1. The average Bonchev–Trinajstić information content (AvgIpc) is 3.07. The lowest BCUT2D eigenvalue weighted by Crippen LogP contribution is -2.37. The van der Waals surface area contributed by atoms with Gasteiger partial charge in [0.1, 0.15) is 36.4 Å². The quantitative estimate of drug-likeness (QED) is 0.235. The molecule has 3 aromatic carbocycles. The third-order valence-electron chi connectivity index (χ3n) is 7.26. The summed E-state index contributed by atoms with van der Waals surface area (Å²) in [4.78, 5) is 23.6. The Labute approximate surface area is 255 Å². The molecule has 0 atom stereocenters. The summed E-state index contributed by atoms with van der Waals surface area (Å²) in [6.45, 7) is 6.11. The van der Waals surface area contributed by atoms with Crippen molar-refractivity contribution in [2.75, 3.05) is 65.1 Å². The van der Waals surface area contributed by atoms with Gasteiger partial charge in [0.25, 0.3) is 0 Å². The zero-order chi connectivity index (χ0) is 30.1. The molecule has 4 aromatic rings. The van der Waals surface area contributed by atoms with Crippen LogP contribution >= 0.6 is 0 Å². The van der Waals surface area contributed by atoms with Gasteiger partial charge in [0.2, 0.25) is 11.6 Å². The second kappa shape index (κ2) is 14.1. The van der Waals surface area contributed by atoms with Crippen molar-refractivity contribution in [1.29, 1.82) is 0 Å². The highest BCUT2D eigenvalue weighted by atomic mass is 16.6. The molecular formula is C32H35N5O7. The lowest BCUT2D eigenvalue weighted by Gasteiger charge is -2.26. The molecular weight excluding hydrogens is 566 g/mol. The van der Waals surface area contributed by atoms with Crippen molar-refractivity contribution in [2.24, 2.45) is 0 Å². The molecule has 2 aliphatic rings. The first-order chi connectivity index (χ1) is 21.7. The number of ether oxygens (including phenoxy) is 6. The molecule has 3 heterocycles. The maximum atomic E-state index is 12.4. The van der Waals surface area contributed by atoms with Gasteiger partial charge < -0.3 is 39.1 Å². The van der Waals surface area contributed by atoms with E-state index < -0.39 is 0 Å². The minimum absolute atomic E-state index is 0.320. The van der Waals surface area contributed by atoms with Crippen molar-refractivity contribution >= 4 is 22.6 Å². The molecule has 0 saturated carbocycles. The van der Waals surface area contributed by atoms with E-state index in [1.165, 1.54) is 6.33 Å². The van der Waals surface area contributed by atoms with Gasteiger partial charge >= 0.3 is 6.03 Å². The molecule has 12 nitrogen and oxygen atoms in total. The highest BCUT2D eigenvalue weighted by Crippen LogP contribution is 2.47. The van der Waals surface area contributed by atoms with E-state index in [-0.39, 0.29) is 6.03 Å². The summed E-state index contributed by atoms with van der Waals surface area (Å²) in [6, 6.07) is 16.0. The standard InChI is InChI=1S/C32H35N5O7/c1-39-24-7-3-22(4-8-24)20-33-32(38)36-23-5-9-25(10-6-23)44-31-28-26(34-21-35-31)19-27(29-30(28)43-18-17-42-29)41-14-2-11-37-12-15-40-16-13-37/h3-10,19,21H,2,11-18,20H2,1H3,(H2,33,36,38). The van der Waals surface area contributed by atoms with E-state index in [1.54, 1.807) is 31.4 Å². The van der Waals surface area contributed by atoms with Crippen LogP contribution in [0, 0.1) is 0 Å². The highest BCUT2D eigenvalue weighted by molar-refractivity contribution is 5.94. The molecule has 12 heteroatoms. The molecule has 1 fully saturated rings. The number of hydrogen-bond acceptors (Lipinski definition) is 10. The van der Waals surface area contributed by atoms with Crippen LogP contribution in [-0.4, -0.2) is 80.7 Å². The van der Waals surface area contributed by atoms with E-state index in [0.29, 0.717) is 71.8 Å². The van der Waals surface area contributed by atoms with Gasteiger partial charge in [-0.3, -0.25) is 4.90 Å². The van der Waals surface area contributed by atoms with E-state index in [4.69, 9.17) is 28.4 Å². The number of fused-ring (bicyclic) bond motifs is 3. The van der Waals surface area contributed by atoms with E-state index >= 15 is 0 Å². The molecule has 44 heavy (non-hydrogen) atoms. The number of benzene rings is 3. The Balaban J connectivity index is 1.10. The fraction of sp³-hybridized carbons (Fsp3) is 0.344. The minimum Gasteiger partial charge on any atom is -0.497 e. The predicted octanol–water partition coefficient (Wildman–Crippen LogP) is 4.62. The number of rotatable bonds is 11. The van der Waals surface area contributed by atoms with Gasteiger partial charge in [-0.15, -0.1) is 0 Å². The Morgan fingerprint density at radius 1 is 0.932 bits per heavy atom. The molecule has 6 rings (SSSR count). The molecule has 2 aliphatic heterocycles. The van der Waals surface area contributed by atoms with Crippen LogP contribution in [0.5, 0.6) is 34.6 Å². The van der Waals surface area contributed by atoms with Gasteiger partial charge in [-0.1, -0.05) is 12.1 Å². The van der Waals surface area contributed by atoms with Gasteiger partial charge in [0.05, 0.1) is 32.4 Å². The lowest BCUT2D eigenvalue weighted by molar-refractivity contribution is 0.0357. The second-order valence-corrected chi connectivity index (χ2v) is 10.2. The molecule has 230 valence electrons. The number of anilines is 1. The molecule has 0 radical (unpaired) electrons. The van der Waals surface area contributed by atoms with Crippen molar-refractivity contribution in [3.63, 3.8) is 0 Å². The Bertz CT molecular complexity index is 1560. The summed E-state index contributed by atoms with van der Waals surface area (Å²) in [5.74, 6) is 3.23. The summed E-state index contributed by atoms with van der Waals surface area (Å²) in [6.07, 6.45) is 2.32. The van der Waals surface area contributed by atoms with E-state index in [0.717, 1.165) is 50.6 Å². The summed E-state index contributed by atoms with van der Waals surface area (Å²) >= 11 is 0. The summed E-state index contributed by atoms with van der Waals surface area (Å²) < 4.78 is 34.9. The first-order valence-electron chi connectivity index (χ1n) is 14.6. The number of carbonyl (C=O) groups excluding carboxylic acids is 1. The lowest BCUT2D eigenvalue weighted by atomic mass is 10.1. The van der Waals surface area contributed by atoms with Crippen LogP contribution in [0.3, 0.4) is 0 Å². The Hall–Kier alpha value is -4.81. The number of hydrogen-bond donors (Lipinski definition) is 2. The number of amides is 2. The number of nitrogens with zero attached hydrogens (tertiary/aromatic N) is 3. The fourth-order valence-electron chi connectivity index (χ4n) is 4.98. The van der Waals surface area contributed by atoms with Gasteiger partial charge in [0, 0.05) is 37.9 Å². The number of aromatic nitrogens is 2. The van der Waals surface area contributed by atoms with E-state index in [2.05, 4.69) is 25.5 Å². The van der Waals surface area contributed by atoms with Crippen molar-refractivity contribution in [3.8, 4) is 34.6 Å². The largest absolute Gasteiger partial charge is 0.497 e. The van der Waals surface area contributed by atoms with E-state index in [1.807, 2.05) is 30.3 Å². The summed E-state index contributed by atoms with van der Waals surface area (Å²) in [7, 11) is 1.62. The van der Waals surface area contributed by atoms with Crippen molar-refractivity contribution in [3.05, 3.63) is 66.5 Å². The van der Waals surface area contributed by atoms with Crippen LogP contribution in [0.2, 0.25) is 0 Å². The molecule has 0 bridgehead atoms. The summed E-state index contributed by atoms with van der Waals surface area (Å²) in [5.41, 5.74) is 2.19.